The summed E-state index contributed by atoms with van der Waals surface area (Å²) in [4.78, 5) is 14.7. The minimum atomic E-state index is -0.368. The predicted molar refractivity (Wildman–Crippen MR) is 75.3 cm³/mol. The first kappa shape index (κ1) is 15.4. The zero-order valence-electron chi connectivity index (χ0n) is 12.2. The molecule has 0 aliphatic carbocycles. The minimum absolute atomic E-state index is 0.133. The van der Waals surface area contributed by atoms with Crippen molar-refractivity contribution in [2.75, 3.05) is 26.7 Å². The summed E-state index contributed by atoms with van der Waals surface area (Å²) < 4.78 is 0. The van der Waals surface area contributed by atoms with E-state index in [1.165, 1.54) is 19.3 Å². The summed E-state index contributed by atoms with van der Waals surface area (Å²) in [6.07, 6.45) is 5.36. The molecule has 0 bridgehead atoms. The molecule has 4 nitrogen and oxygen atoms in total. The molecule has 0 aromatic carbocycles. The summed E-state index contributed by atoms with van der Waals surface area (Å²) in [6, 6.07) is 0.492. The summed E-state index contributed by atoms with van der Waals surface area (Å²) in [6.45, 7) is 6.43. The predicted octanol–water partition coefficient (Wildman–Crippen LogP) is 1.35. The molecule has 1 aliphatic rings. The van der Waals surface area contributed by atoms with Crippen molar-refractivity contribution in [3.05, 3.63) is 0 Å². The lowest BCUT2D eigenvalue weighted by Gasteiger charge is -2.34. The molecule has 18 heavy (non-hydrogen) atoms. The van der Waals surface area contributed by atoms with Gasteiger partial charge in [0, 0.05) is 19.1 Å². The van der Waals surface area contributed by atoms with Gasteiger partial charge in [0.05, 0.1) is 5.41 Å². The number of amides is 1. The number of hydrogen-bond acceptors (Lipinski definition) is 3. The quantitative estimate of drug-likeness (QED) is 0.753. The van der Waals surface area contributed by atoms with Crippen LogP contribution in [0.2, 0.25) is 0 Å². The van der Waals surface area contributed by atoms with E-state index in [4.69, 9.17) is 5.73 Å². The summed E-state index contributed by atoms with van der Waals surface area (Å²) in [5, 5.41) is 3.12. The smallest absolute Gasteiger partial charge is 0.227 e. The van der Waals surface area contributed by atoms with Crippen LogP contribution in [0.3, 0.4) is 0 Å². The molecule has 1 fully saturated rings. The average molecular weight is 255 g/mol. The first-order valence-corrected chi connectivity index (χ1v) is 7.28. The number of carbonyl (C=O) groups excluding carboxylic acids is 1. The number of hydrogen-bond donors (Lipinski definition) is 2. The van der Waals surface area contributed by atoms with Crippen LogP contribution in [0.4, 0.5) is 0 Å². The van der Waals surface area contributed by atoms with Gasteiger partial charge in [0.2, 0.25) is 5.91 Å². The Kier molecular flexibility index (Phi) is 6.09. The number of nitrogens with one attached hydrogen (secondary N) is 1. The normalized spacial score (nSPS) is 21.9. The highest BCUT2D eigenvalue weighted by Crippen LogP contribution is 2.25. The number of rotatable bonds is 6. The van der Waals surface area contributed by atoms with Crippen LogP contribution in [-0.4, -0.2) is 43.5 Å². The Labute approximate surface area is 111 Å². The van der Waals surface area contributed by atoms with Crippen LogP contribution >= 0.6 is 0 Å². The van der Waals surface area contributed by atoms with Crippen molar-refractivity contribution in [2.45, 2.75) is 52.0 Å². The number of carbonyl (C=O) groups is 1. The van der Waals surface area contributed by atoms with Crippen molar-refractivity contribution >= 4 is 5.91 Å². The van der Waals surface area contributed by atoms with E-state index in [1.807, 2.05) is 13.8 Å². The molecule has 0 aromatic heterocycles. The minimum Gasteiger partial charge on any atom is -0.354 e. The maximum absolute atomic E-state index is 12.3. The van der Waals surface area contributed by atoms with Gasteiger partial charge in [-0.3, -0.25) is 4.79 Å². The summed E-state index contributed by atoms with van der Waals surface area (Å²) >= 11 is 0. The molecular weight excluding hydrogens is 226 g/mol. The Morgan fingerprint density at radius 1 is 1.39 bits per heavy atom. The van der Waals surface area contributed by atoms with E-state index in [0.29, 0.717) is 12.6 Å². The molecular formula is C14H29N3O. The number of likely N-dealkylation sites (N-methyl/N-ethyl adjacent to an activating group) is 1. The standard InChI is InChI=1S/C14H29N3O/c1-4-14(5-2,11-15)13(18)16-10-12-8-6-7-9-17(12)3/h12H,4-11,15H2,1-3H3,(H,16,18). The van der Waals surface area contributed by atoms with Crippen LogP contribution in [0.25, 0.3) is 0 Å². The van der Waals surface area contributed by atoms with Crippen LogP contribution in [0.5, 0.6) is 0 Å². The van der Waals surface area contributed by atoms with Gasteiger partial charge in [-0.15, -0.1) is 0 Å². The molecule has 1 aliphatic heterocycles. The zero-order chi connectivity index (χ0) is 13.6. The highest BCUT2D eigenvalue weighted by atomic mass is 16.2. The molecule has 4 heteroatoms. The van der Waals surface area contributed by atoms with E-state index in [9.17, 15) is 4.79 Å². The van der Waals surface area contributed by atoms with Gasteiger partial charge in [0.25, 0.3) is 0 Å². The van der Waals surface area contributed by atoms with Crippen molar-refractivity contribution in [1.29, 1.82) is 0 Å². The van der Waals surface area contributed by atoms with Gasteiger partial charge in [0.1, 0.15) is 0 Å². The summed E-state index contributed by atoms with van der Waals surface area (Å²) in [5.41, 5.74) is 5.43. The van der Waals surface area contributed by atoms with Gasteiger partial charge < -0.3 is 16.0 Å². The molecule has 0 saturated carbocycles. The molecule has 1 amide bonds. The summed E-state index contributed by atoms with van der Waals surface area (Å²) in [5.74, 6) is 0.133. The molecule has 1 atom stereocenters. The zero-order valence-corrected chi connectivity index (χ0v) is 12.2. The molecule has 1 rings (SSSR count). The highest BCUT2D eigenvalue weighted by Gasteiger charge is 2.33. The van der Waals surface area contributed by atoms with Gasteiger partial charge in [-0.25, -0.2) is 0 Å². The Hall–Kier alpha value is -0.610. The second kappa shape index (κ2) is 7.10. The lowest BCUT2D eigenvalue weighted by Crippen LogP contribution is -2.50. The third-order valence-electron chi connectivity index (χ3n) is 4.65. The Morgan fingerprint density at radius 3 is 2.56 bits per heavy atom. The van der Waals surface area contributed by atoms with Crippen LogP contribution in [0.15, 0.2) is 0 Å². The number of piperidine rings is 1. The second-order valence-corrected chi connectivity index (χ2v) is 5.53. The maximum Gasteiger partial charge on any atom is 0.227 e. The highest BCUT2D eigenvalue weighted by molar-refractivity contribution is 5.82. The topological polar surface area (TPSA) is 58.4 Å². The molecule has 1 heterocycles. The maximum atomic E-state index is 12.3. The van der Waals surface area contributed by atoms with Gasteiger partial charge in [0.15, 0.2) is 0 Å². The van der Waals surface area contributed by atoms with Gasteiger partial charge in [-0.05, 0) is 39.3 Å². The SMILES string of the molecule is CCC(CC)(CN)C(=O)NCC1CCCCN1C. The molecule has 1 unspecified atom stereocenters. The fourth-order valence-electron chi connectivity index (χ4n) is 2.75. The lowest BCUT2D eigenvalue weighted by molar-refractivity contribution is -0.131. The fraction of sp³-hybridized carbons (Fsp3) is 0.929. The van der Waals surface area contributed by atoms with Crippen molar-refractivity contribution < 1.29 is 4.79 Å². The van der Waals surface area contributed by atoms with Crippen molar-refractivity contribution in [1.82, 2.24) is 10.2 Å². The average Bonchev–Trinajstić information content (AvgIpc) is 2.40. The van der Waals surface area contributed by atoms with Crippen LogP contribution in [0.1, 0.15) is 46.0 Å². The third-order valence-corrected chi connectivity index (χ3v) is 4.65. The van der Waals surface area contributed by atoms with Crippen LogP contribution < -0.4 is 11.1 Å². The molecule has 106 valence electrons. The monoisotopic (exact) mass is 255 g/mol. The number of likely N-dealkylation sites (tertiary alicyclic amines) is 1. The largest absolute Gasteiger partial charge is 0.354 e. The van der Waals surface area contributed by atoms with Crippen molar-refractivity contribution in [2.24, 2.45) is 11.1 Å². The van der Waals surface area contributed by atoms with E-state index < -0.39 is 0 Å². The van der Waals surface area contributed by atoms with Crippen molar-refractivity contribution in [3.8, 4) is 0 Å². The molecule has 0 spiro atoms. The van der Waals surface area contributed by atoms with E-state index in [1.54, 1.807) is 0 Å². The lowest BCUT2D eigenvalue weighted by atomic mass is 9.81. The van der Waals surface area contributed by atoms with Crippen LogP contribution in [-0.2, 0) is 4.79 Å². The molecule has 0 aromatic rings. The molecule has 0 radical (unpaired) electrons. The first-order valence-electron chi connectivity index (χ1n) is 7.28. The van der Waals surface area contributed by atoms with Crippen molar-refractivity contribution in [3.63, 3.8) is 0 Å². The summed E-state index contributed by atoms with van der Waals surface area (Å²) in [7, 11) is 2.14. The van der Waals surface area contributed by atoms with Gasteiger partial charge in [-0.2, -0.15) is 0 Å². The molecule has 3 N–H and O–H groups in total. The Morgan fingerprint density at radius 2 is 2.06 bits per heavy atom. The van der Waals surface area contributed by atoms with Crippen LogP contribution in [0, 0.1) is 5.41 Å². The second-order valence-electron chi connectivity index (χ2n) is 5.53. The van der Waals surface area contributed by atoms with E-state index >= 15 is 0 Å². The van der Waals surface area contributed by atoms with Gasteiger partial charge in [-0.1, -0.05) is 20.3 Å². The Bertz CT molecular complexity index is 256. The fourth-order valence-corrected chi connectivity index (χ4v) is 2.75. The van der Waals surface area contributed by atoms with E-state index in [2.05, 4.69) is 17.3 Å². The Balaban J connectivity index is 2.48. The van der Waals surface area contributed by atoms with Gasteiger partial charge >= 0.3 is 0 Å². The van der Waals surface area contributed by atoms with E-state index in [0.717, 1.165) is 25.9 Å². The number of nitrogens with two attached hydrogens (primary N) is 1. The molecule has 1 saturated heterocycles. The first-order chi connectivity index (χ1) is 8.59. The number of nitrogens with zero attached hydrogens (tertiary/aromatic N) is 1. The van der Waals surface area contributed by atoms with E-state index in [-0.39, 0.29) is 11.3 Å². The third kappa shape index (κ3) is 3.45.